The first-order chi connectivity index (χ1) is 10.6. The fraction of sp³-hybridized carbons (Fsp3) is 0.875. The van der Waals surface area contributed by atoms with Gasteiger partial charge in [-0.15, -0.1) is 0 Å². The summed E-state index contributed by atoms with van der Waals surface area (Å²) in [6.45, 7) is 6.91. The van der Waals surface area contributed by atoms with E-state index in [1.54, 1.807) is 0 Å². The van der Waals surface area contributed by atoms with Crippen molar-refractivity contribution in [3.05, 3.63) is 0 Å². The summed E-state index contributed by atoms with van der Waals surface area (Å²) in [5, 5.41) is 2.99. The van der Waals surface area contributed by atoms with Gasteiger partial charge in [0.05, 0.1) is 6.61 Å². The van der Waals surface area contributed by atoms with Crippen LogP contribution < -0.4 is 5.32 Å². The van der Waals surface area contributed by atoms with Gasteiger partial charge in [-0.25, -0.2) is 4.79 Å². The molecule has 0 aromatic rings. The quantitative estimate of drug-likeness (QED) is 0.833. The smallest absolute Gasteiger partial charge is 0.409 e. The fourth-order valence-corrected chi connectivity index (χ4v) is 4.10. The zero-order chi connectivity index (χ0) is 15.6. The van der Waals surface area contributed by atoms with Gasteiger partial charge in [0.15, 0.2) is 0 Å². The van der Waals surface area contributed by atoms with Crippen LogP contribution in [0.1, 0.15) is 39.0 Å². The third-order valence-corrected chi connectivity index (χ3v) is 5.56. The molecule has 0 aromatic heterocycles. The van der Waals surface area contributed by atoms with Gasteiger partial charge in [-0.3, -0.25) is 4.79 Å². The summed E-state index contributed by atoms with van der Waals surface area (Å²) in [5.41, 5.74) is 0.221. The molecule has 124 valence electrons. The van der Waals surface area contributed by atoms with E-state index in [0.29, 0.717) is 19.1 Å². The second-order valence-electron chi connectivity index (χ2n) is 6.91. The number of rotatable bonds is 2. The van der Waals surface area contributed by atoms with Crippen molar-refractivity contribution < 1.29 is 14.3 Å². The average Bonchev–Trinajstić information content (AvgIpc) is 2.89. The predicted octanol–water partition coefficient (Wildman–Crippen LogP) is 1.21. The Hall–Kier alpha value is -1.30. The van der Waals surface area contributed by atoms with Gasteiger partial charge in [0.2, 0.25) is 5.91 Å². The van der Waals surface area contributed by atoms with E-state index in [9.17, 15) is 9.59 Å². The standard InChI is InChI=1S/C16H27N3O3/c1-2-22-15(21)19-7-3-13(4-8-19)18-9-5-16(6-10-18)11-14(20)17-12-16/h13H,2-12H2,1H3,(H,17,20). The lowest BCUT2D eigenvalue weighted by molar-refractivity contribution is -0.119. The highest BCUT2D eigenvalue weighted by Crippen LogP contribution is 2.38. The Morgan fingerprint density at radius 2 is 1.95 bits per heavy atom. The molecule has 0 saturated carbocycles. The van der Waals surface area contributed by atoms with Gasteiger partial charge >= 0.3 is 6.09 Å². The van der Waals surface area contributed by atoms with Crippen molar-refractivity contribution in [3.63, 3.8) is 0 Å². The highest BCUT2D eigenvalue weighted by Gasteiger charge is 2.42. The van der Waals surface area contributed by atoms with E-state index in [0.717, 1.165) is 58.4 Å². The van der Waals surface area contributed by atoms with Gasteiger partial charge in [0, 0.05) is 32.1 Å². The largest absolute Gasteiger partial charge is 0.450 e. The van der Waals surface area contributed by atoms with E-state index in [-0.39, 0.29) is 17.4 Å². The number of carbonyl (C=O) groups is 2. The molecule has 0 aliphatic carbocycles. The van der Waals surface area contributed by atoms with Crippen LogP contribution in [0.15, 0.2) is 0 Å². The van der Waals surface area contributed by atoms with Crippen LogP contribution in [-0.2, 0) is 9.53 Å². The van der Waals surface area contributed by atoms with Crippen LogP contribution in [0.4, 0.5) is 4.79 Å². The Morgan fingerprint density at radius 3 is 2.50 bits per heavy atom. The van der Waals surface area contributed by atoms with Crippen LogP contribution in [0, 0.1) is 5.41 Å². The highest BCUT2D eigenvalue weighted by atomic mass is 16.6. The van der Waals surface area contributed by atoms with E-state index in [1.807, 2.05) is 11.8 Å². The van der Waals surface area contributed by atoms with Crippen LogP contribution in [0.2, 0.25) is 0 Å². The van der Waals surface area contributed by atoms with Gasteiger partial charge in [0.1, 0.15) is 0 Å². The van der Waals surface area contributed by atoms with E-state index >= 15 is 0 Å². The number of nitrogens with one attached hydrogen (secondary N) is 1. The average molecular weight is 309 g/mol. The summed E-state index contributed by atoms with van der Waals surface area (Å²) in [4.78, 5) is 27.6. The molecule has 3 saturated heterocycles. The highest BCUT2D eigenvalue weighted by molar-refractivity contribution is 5.79. The zero-order valence-electron chi connectivity index (χ0n) is 13.5. The summed E-state index contributed by atoms with van der Waals surface area (Å²) in [6, 6.07) is 0.577. The maximum Gasteiger partial charge on any atom is 0.409 e. The minimum atomic E-state index is -0.172. The molecule has 0 unspecified atom stereocenters. The molecule has 0 radical (unpaired) electrons. The van der Waals surface area contributed by atoms with Crippen molar-refractivity contribution >= 4 is 12.0 Å². The normalized spacial score (nSPS) is 26.2. The van der Waals surface area contributed by atoms with Crippen molar-refractivity contribution in [2.75, 3.05) is 39.3 Å². The maximum absolute atomic E-state index is 11.7. The molecule has 0 atom stereocenters. The Balaban J connectivity index is 1.45. The summed E-state index contributed by atoms with van der Waals surface area (Å²) >= 11 is 0. The predicted molar refractivity (Wildman–Crippen MR) is 82.5 cm³/mol. The van der Waals surface area contributed by atoms with E-state index < -0.39 is 0 Å². The molecule has 6 nitrogen and oxygen atoms in total. The lowest BCUT2D eigenvalue weighted by Gasteiger charge is -2.44. The molecule has 1 N–H and O–H groups in total. The van der Waals surface area contributed by atoms with Crippen molar-refractivity contribution in [1.29, 1.82) is 0 Å². The van der Waals surface area contributed by atoms with E-state index in [2.05, 4.69) is 10.2 Å². The monoisotopic (exact) mass is 309 g/mol. The van der Waals surface area contributed by atoms with Crippen LogP contribution in [0.25, 0.3) is 0 Å². The topological polar surface area (TPSA) is 61.9 Å². The molecule has 3 aliphatic rings. The van der Waals surface area contributed by atoms with Gasteiger partial charge in [0.25, 0.3) is 0 Å². The molecule has 22 heavy (non-hydrogen) atoms. The van der Waals surface area contributed by atoms with Gasteiger partial charge in [-0.05, 0) is 51.1 Å². The summed E-state index contributed by atoms with van der Waals surface area (Å²) < 4.78 is 5.07. The first-order valence-electron chi connectivity index (χ1n) is 8.54. The molecule has 3 aliphatic heterocycles. The Morgan fingerprint density at radius 1 is 1.27 bits per heavy atom. The number of amides is 2. The SMILES string of the molecule is CCOC(=O)N1CCC(N2CCC3(CC2)CNC(=O)C3)CC1. The Kier molecular flexibility index (Phi) is 4.57. The zero-order valence-corrected chi connectivity index (χ0v) is 13.5. The Bertz CT molecular complexity index is 424. The second-order valence-corrected chi connectivity index (χ2v) is 6.91. The number of hydrogen-bond donors (Lipinski definition) is 1. The molecule has 3 fully saturated rings. The number of piperidine rings is 2. The molecule has 1 spiro atoms. The summed E-state index contributed by atoms with van der Waals surface area (Å²) in [6.07, 6.45) is 4.83. The summed E-state index contributed by atoms with van der Waals surface area (Å²) in [7, 11) is 0. The van der Waals surface area contributed by atoms with Crippen molar-refractivity contribution in [2.45, 2.75) is 45.1 Å². The molecule has 6 heteroatoms. The molecule has 0 bridgehead atoms. The van der Waals surface area contributed by atoms with Crippen LogP contribution in [0.5, 0.6) is 0 Å². The number of nitrogens with zero attached hydrogens (tertiary/aromatic N) is 2. The lowest BCUT2D eigenvalue weighted by atomic mass is 9.77. The first kappa shape index (κ1) is 15.6. The number of ether oxygens (including phenoxy) is 1. The van der Waals surface area contributed by atoms with E-state index in [4.69, 9.17) is 4.74 Å². The third kappa shape index (κ3) is 3.21. The van der Waals surface area contributed by atoms with Crippen LogP contribution >= 0.6 is 0 Å². The maximum atomic E-state index is 11.7. The Labute approximate surface area is 132 Å². The number of carbonyl (C=O) groups excluding carboxylic acids is 2. The molecule has 3 rings (SSSR count). The summed E-state index contributed by atoms with van der Waals surface area (Å²) in [5.74, 6) is 0.219. The number of hydrogen-bond acceptors (Lipinski definition) is 4. The van der Waals surface area contributed by atoms with Crippen molar-refractivity contribution in [2.24, 2.45) is 5.41 Å². The van der Waals surface area contributed by atoms with Crippen LogP contribution in [-0.4, -0.2) is 67.2 Å². The molecule has 0 aromatic carbocycles. The molecule has 3 heterocycles. The van der Waals surface area contributed by atoms with E-state index in [1.165, 1.54) is 0 Å². The van der Waals surface area contributed by atoms with Crippen molar-refractivity contribution in [1.82, 2.24) is 15.1 Å². The lowest BCUT2D eigenvalue weighted by Crippen LogP contribution is -2.51. The molecule has 2 amide bonds. The molecular formula is C16H27N3O3. The molecular weight excluding hydrogens is 282 g/mol. The second kappa shape index (κ2) is 6.44. The number of likely N-dealkylation sites (tertiary alicyclic amines) is 2. The van der Waals surface area contributed by atoms with Gasteiger partial charge in [-0.2, -0.15) is 0 Å². The minimum Gasteiger partial charge on any atom is -0.450 e. The fourth-order valence-electron chi connectivity index (χ4n) is 4.10. The first-order valence-corrected chi connectivity index (χ1v) is 8.54. The van der Waals surface area contributed by atoms with Gasteiger partial charge in [-0.1, -0.05) is 0 Å². The van der Waals surface area contributed by atoms with Crippen molar-refractivity contribution in [3.8, 4) is 0 Å². The van der Waals surface area contributed by atoms with Gasteiger partial charge < -0.3 is 19.9 Å². The third-order valence-electron chi connectivity index (χ3n) is 5.56. The minimum absolute atomic E-state index is 0.172. The van der Waals surface area contributed by atoms with Crippen LogP contribution in [0.3, 0.4) is 0 Å².